The van der Waals surface area contributed by atoms with E-state index in [4.69, 9.17) is 0 Å². The molecule has 0 aromatic carbocycles. The van der Waals surface area contributed by atoms with E-state index in [1.54, 1.807) is 6.34 Å². The molecule has 1 heterocycles. The van der Waals surface area contributed by atoms with E-state index in [2.05, 4.69) is 10.3 Å². The SMILES string of the molecule is C1=NC2CCCCC2[N]1. The Morgan fingerprint density at radius 1 is 1.11 bits per heavy atom. The summed E-state index contributed by atoms with van der Waals surface area (Å²) in [7, 11) is 0. The molecule has 0 bridgehead atoms. The van der Waals surface area contributed by atoms with E-state index in [1.165, 1.54) is 25.7 Å². The zero-order valence-corrected chi connectivity index (χ0v) is 5.45. The zero-order chi connectivity index (χ0) is 6.10. The molecule has 0 aromatic rings. The number of fused-ring (bicyclic) bond motifs is 1. The van der Waals surface area contributed by atoms with Crippen molar-refractivity contribution in [3.8, 4) is 0 Å². The van der Waals surface area contributed by atoms with Crippen molar-refractivity contribution < 1.29 is 0 Å². The molecule has 2 rings (SSSR count). The molecule has 2 nitrogen and oxygen atoms in total. The average molecular weight is 123 g/mol. The van der Waals surface area contributed by atoms with Crippen LogP contribution in [0.2, 0.25) is 0 Å². The van der Waals surface area contributed by atoms with Crippen molar-refractivity contribution in [1.29, 1.82) is 0 Å². The van der Waals surface area contributed by atoms with Crippen molar-refractivity contribution in [2.75, 3.05) is 0 Å². The third kappa shape index (κ3) is 0.824. The van der Waals surface area contributed by atoms with Crippen LogP contribution in [0.1, 0.15) is 25.7 Å². The van der Waals surface area contributed by atoms with E-state index < -0.39 is 0 Å². The highest BCUT2D eigenvalue weighted by atomic mass is 15.1. The largest absolute Gasteiger partial charge is 0.268 e. The Kier molecular flexibility index (Phi) is 1.18. The lowest BCUT2D eigenvalue weighted by Gasteiger charge is -2.21. The molecule has 1 aliphatic carbocycles. The second kappa shape index (κ2) is 2.01. The predicted molar refractivity (Wildman–Crippen MR) is 36.7 cm³/mol. The van der Waals surface area contributed by atoms with E-state index in [0.717, 1.165) is 0 Å². The Bertz CT molecular complexity index is 131. The summed E-state index contributed by atoms with van der Waals surface area (Å²) in [6, 6.07) is 1.14. The lowest BCUT2D eigenvalue weighted by Crippen LogP contribution is -2.30. The summed E-state index contributed by atoms with van der Waals surface area (Å²) < 4.78 is 0. The number of hydrogen-bond donors (Lipinski definition) is 0. The number of hydrogen-bond acceptors (Lipinski definition) is 1. The molecule has 0 saturated heterocycles. The van der Waals surface area contributed by atoms with E-state index in [1.807, 2.05) is 0 Å². The summed E-state index contributed by atoms with van der Waals surface area (Å²) in [6.07, 6.45) is 7.00. The first-order chi connectivity index (χ1) is 4.47. The van der Waals surface area contributed by atoms with Crippen molar-refractivity contribution in [3.05, 3.63) is 0 Å². The highest BCUT2D eigenvalue weighted by molar-refractivity contribution is 5.57. The van der Waals surface area contributed by atoms with Crippen LogP contribution >= 0.6 is 0 Å². The smallest absolute Gasteiger partial charge is 0.105 e. The van der Waals surface area contributed by atoms with Crippen molar-refractivity contribution in [3.63, 3.8) is 0 Å². The van der Waals surface area contributed by atoms with Gasteiger partial charge in [-0.25, -0.2) is 0 Å². The summed E-state index contributed by atoms with van der Waals surface area (Å²) in [5.41, 5.74) is 0. The van der Waals surface area contributed by atoms with E-state index in [-0.39, 0.29) is 0 Å². The molecule has 2 unspecified atom stereocenters. The summed E-state index contributed by atoms with van der Waals surface area (Å²) in [6.45, 7) is 0. The molecule has 2 atom stereocenters. The van der Waals surface area contributed by atoms with Crippen LogP contribution in [0.5, 0.6) is 0 Å². The molecule has 1 radical (unpaired) electrons. The second-order valence-corrected chi connectivity index (χ2v) is 2.83. The van der Waals surface area contributed by atoms with Gasteiger partial charge in [-0.2, -0.15) is 0 Å². The molecule has 1 saturated carbocycles. The van der Waals surface area contributed by atoms with Crippen LogP contribution in [0, 0.1) is 0 Å². The monoisotopic (exact) mass is 123 g/mol. The van der Waals surface area contributed by atoms with Gasteiger partial charge < -0.3 is 0 Å². The van der Waals surface area contributed by atoms with Crippen LogP contribution in [0.25, 0.3) is 0 Å². The highest BCUT2D eigenvalue weighted by Crippen LogP contribution is 2.23. The minimum Gasteiger partial charge on any atom is -0.268 e. The van der Waals surface area contributed by atoms with Gasteiger partial charge in [0.25, 0.3) is 0 Å². The normalized spacial score (nSPS) is 40.0. The lowest BCUT2D eigenvalue weighted by atomic mass is 9.92. The average Bonchev–Trinajstić information content (AvgIpc) is 2.33. The number of aliphatic imine (C=N–C) groups is 1. The summed E-state index contributed by atoms with van der Waals surface area (Å²) >= 11 is 0. The molecule has 2 aliphatic rings. The summed E-state index contributed by atoms with van der Waals surface area (Å²) in [5, 5.41) is 4.27. The van der Waals surface area contributed by atoms with Gasteiger partial charge in [0, 0.05) is 0 Å². The van der Waals surface area contributed by atoms with Crippen LogP contribution in [0.4, 0.5) is 0 Å². The topological polar surface area (TPSA) is 26.5 Å². The van der Waals surface area contributed by atoms with Crippen LogP contribution in [-0.4, -0.2) is 18.4 Å². The summed E-state index contributed by atoms with van der Waals surface area (Å²) in [5.74, 6) is 0. The van der Waals surface area contributed by atoms with Crippen molar-refractivity contribution in [2.24, 2.45) is 4.99 Å². The maximum Gasteiger partial charge on any atom is 0.105 e. The van der Waals surface area contributed by atoms with Gasteiger partial charge in [0.05, 0.1) is 12.1 Å². The van der Waals surface area contributed by atoms with Crippen LogP contribution in [0.3, 0.4) is 0 Å². The first kappa shape index (κ1) is 5.27. The molecule has 0 aromatic heterocycles. The molecule has 2 heteroatoms. The van der Waals surface area contributed by atoms with E-state index >= 15 is 0 Å². The molecule has 0 N–H and O–H groups in total. The number of nitrogens with zero attached hydrogens (tertiary/aromatic N) is 2. The van der Waals surface area contributed by atoms with Gasteiger partial charge in [-0.15, -0.1) is 0 Å². The third-order valence-corrected chi connectivity index (χ3v) is 2.21. The Labute approximate surface area is 55.4 Å². The number of rotatable bonds is 0. The summed E-state index contributed by atoms with van der Waals surface area (Å²) in [4.78, 5) is 4.27. The lowest BCUT2D eigenvalue weighted by molar-refractivity contribution is 0.382. The van der Waals surface area contributed by atoms with Crippen LogP contribution in [0.15, 0.2) is 4.99 Å². The zero-order valence-electron chi connectivity index (χ0n) is 5.45. The fourth-order valence-corrected chi connectivity index (χ4v) is 1.65. The Balaban J connectivity index is 2.03. The molecular weight excluding hydrogens is 112 g/mol. The maximum absolute atomic E-state index is 4.27. The van der Waals surface area contributed by atoms with E-state index in [0.29, 0.717) is 12.1 Å². The van der Waals surface area contributed by atoms with Crippen molar-refractivity contribution >= 4 is 6.34 Å². The van der Waals surface area contributed by atoms with Crippen LogP contribution < -0.4 is 5.32 Å². The second-order valence-electron chi connectivity index (χ2n) is 2.83. The van der Waals surface area contributed by atoms with Gasteiger partial charge in [0.2, 0.25) is 0 Å². The first-order valence-electron chi connectivity index (χ1n) is 3.68. The minimum absolute atomic E-state index is 0.568. The molecule has 0 spiro atoms. The molecule has 1 fully saturated rings. The first-order valence-corrected chi connectivity index (χ1v) is 3.68. The molecular formula is C7H11N2. The van der Waals surface area contributed by atoms with Crippen LogP contribution in [-0.2, 0) is 0 Å². The minimum atomic E-state index is 0.568. The standard InChI is InChI=1S/C7H11N2/c1-2-4-7-6(3-1)8-5-9-7/h5-7H,1-4H2. The quantitative estimate of drug-likeness (QED) is 0.458. The van der Waals surface area contributed by atoms with Gasteiger partial charge in [-0.05, 0) is 12.8 Å². The predicted octanol–water partition coefficient (Wildman–Crippen LogP) is 0.944. The molecule has 9 heavy (non-hydrogen) atoms. The maximum atomic E-state index is 4.27. The van der Waals surface area contributed by atoms with Gasteiger partial charge in [0.1, 0.15) is 6.34 Å². The molecule has 0 amide bonds. The highest BCUT2D eigenvalue weighted by Gasteiger charge is 2.27. The Morgan fingerprint density at radius 2 is 1.89 bits per heavy atom. The van der Waals surface area contributed by atoms with Crippen molar-refractivity contribution in [1.82, 2.24) is 5.32 Å². The van der Waals surface area contributed by atoms with Gasteiger partial charge in [-0.1, -0.05) is 12.8 Å². The molecule has 49 valence electrons. The van der Waals surface area contributed by atoms with Gasteiger partial charge in [0.15, 0.2) is 0 Å². The van der Waals surface area contributed by atoms with Crippen molar-refractivity contribution in [2.45, 2.75) is 37.8 Å². The van der Waals surface area contributed by atoms with E-state index in [9.17, 15) is 0 Å². The Morgan fingerprint density at radius 3 is 2.67 bits per heavy atom. The Hall–Kier alpha value is -0.530. The fourth-order valence-electron chi connectivity index (χ4n) is 1.65. The van der Waals surface area contributed by atoms with Gasteiger partial charge in [-0.3, -0.25) is 10.3 Å². The third-order valence-electron chi connectivity index (χ3n) is 2.21. The fraction of sp³-hybridized carbons (Fsp3) is 0.857. The molecule has 1 aliphatic heterocycles. The van der Waals surface area contributed by atoms with Gasteiger partial charge >= 0.3 is 0 Å².